The smallest absolute Gasteiger partial charge is 0.0346 e. The van der Waals surface area contributed by atoms with Crippen LogP contribution in [0, 0.1) is 5.41 Å². The minimum atomic E-state index is 0.665. The van der Waals surface area contributed by atoms with Crippen LogP contribution < -0.4 is 5.32 Å². The Bertz CT molecular complexity index is 564. The quantitative estimate of drug-likeness (QED) is 0.805. The third kappa shape index (κ3) is 1.40. The van der Waals surface area contributed by atoms with E-state index in [1.54, 1.807) is 0 Å². The van der Waals surface area contributed by atoms with Gasteiger partial charge in [0.2, 0.25) is 0 Å². The van der Waals surface area contributed by atoms with E-state index in [4.69, 9.17) is 0 Å². The van der Waals surface area contributed by atoms with Crippen LogP contribution in [0.1, 0.15) is 24.3 Å². The third-order valence-electron chi connectivity index (χ3n) is 4.49. The molecular weight excluding hydrogens is 208 g/mol. The Morgan fingerprint density at radius 3 is 2.76 bits per heavy atom. The highest BCUT2D eigenvalue weighted by molar-refractivity contribution is 5.82. The van der Waals surface area contributed by atoms with Gasteiger partial charge in [0.15, 0.2) is 0 Å². The zero-order valence-corrected chi connectivity index (χ0v) is 9.82. The third-order valence-corrected chi connectivity index (χ3v) is 4.49. The average molecular weight is 224 g/mol. The van der Waals surface area contributed by atoms with E-state index in [1.807, 2.05) is 12.4 Å². The van der Waals surface area contributed by atoms with Gasteiger partial charge in [-0.05, 0) is 41.2 Å². The molecular formula is C15H16N2. The molecule has 1 saturated heterocycles. The highest BCUT2D eigenvalue weighted by atomic mass is 15.0. The molecule has 2 heterocycles. The molecule has 1 aliphatic carbocycles. The molecule has 0 amide bonds. The van der Waals surface area contributed by atoms with Crippen molar-refractivity contribution in [2.45, 2.75) is 18.8 Å². The van der Waals surface area contributed by atoms with Crippen LogP contribution in [0.2, 0.25) is 0 Å². The lowest BCUT2D eigenvalue weighted by Gasteiger charge is -2.54. The van der Waals surface area contributed by atoms with E-state index >= 15 is 0 Å². The van der Waals surface area contributed by atoms with Crippen molar-refractivity contribution in [1.29, 1.82) is 0 Å². The summed E-state index contributed by atoms with van der Waals surface area (Å²) in [6, 6.07) is 8.95. The van der Waals surface area contributed by atoms with E-state index in [0.29, 0.717) is 5.41 Å². The number of aromatic nitrogens is 1. The molecule has 1 saturated carbocycles. The number of hydrogen-bond donors (Lipinski definition) is 1. The first-order valence-corrected chi connectivity index (χ1v) is 6.39. The van der Waals surface area contributed by atoms with Crippen molar-refractivity contribution in [3.63, 3.8) is 0 Å². The Balaban J connectivity index is 1.64. The van der Waals surface area contributed by atoms with Crippen LogP contribution in [0.5, 0.6) is 0 Å². The van der Waals surface area contributed by atoms with Crippen LogP contribution in [0.25, 0.3) is 10.8 Å². The number of pyridine rings is 1. The summed E-state index contributed by atoms with van der Waals surface area (Å²) in [5.74, 6) is 0.787. The van der Waals surface area contributed by atoms with Crippen LogP contribution in [0.15, 0.2) is 36.7 Å². The Morgan fingerprint density at radius 2 is 2.00 bits per heavy atom. The molecule has 17 heavy (non-hydrogen) atoms. The molecule has 0 atom stereocenters. The SMILES string of the molecule is c1cc2cc(C3CC4(CNC4)C3)ccc2cn1. The summed E-state index contributed by atoms with van der Waals surface area (Å²) < 4.78 is 0. The van der Waals surface area contributed by atoms with Crippen molar-refractivity contribution in [1.82, 2.24) is 10.3 Å². The molecule has 2 aliphatic rings. The molecule has 86 valence electrons. The van der Waals surface area contributed by atoms with Gasteiger partial charge in [0.25, 0.3) is 0 Å². The lowest BCUT2D eigenvalue weighted by atomic mass is 9.57. The fourth-order valence-corrected chi connectivity index (χ4v) is 3.34. The minimum Gasteiger partial charge on any atom is -0.316 e. The van der Waals surface area contributed by atoms with Crippen molar-refractivity contribution in [2.75, 3.05) is 13.1 Å². The monoisotopic (exact) mass is 224 g/mol. The summed E-state index contributed by atoms with van der Waals surface area (Å²) in [5, 5.41) is 5.97. The first-order chi connectivity index (χ1) is 8.35. The van der Waals surface area contributed by atoms with Gasteiger partial charge in [0.05, 0.1) is 0 Å². The normalized spacial score (nSPS) is 22.4. The fourth-order valence-electron chi connectivity index (χ4n) is 3.34. The summed E-state index contributed by atoms with van der Waals surface area (Å²) in [5.41, 5.74) is 2.18. The molecule has 1 aliphatic heterocycles. The van der Waals surface area contributed by atoms with E-state index in [-0.39, 0.29) is 0 Å². The second kappa shape index (κ2) is 3.30. The summed E-state index contributed by atoms with van der Waals surface area (Å²) in [6.07, 6.45) is 6.56. The second-order valence-corrected chi connectivity index (χ2v) is 5.69. The molecule has 2 aromatic rings. The van der Waals surface area contributed by atoms with Gasteiger partial charge in [-0.3, -0.25) is 4.98 Å². The van der Waals surface area contributed by atoms with E-state index < -0.39 is 0 Å². The molecule has 2 nitrogen and oxygen atoms in total. The number of nitrogens with one attached hydrogen (secondary N) is 1. The topological polar surface area (TPSA) is 24.9 Å². The van der Waals surface area contributed by atoms with E-state index in [9.17, 15) is 0 Å². The van der Waals surface area contributed by atoms with Crippen molar-refractivity contribution in [3.8, 4) is 0 Å². The summed E-state index contributed by atoms with van der Waals surface area (Å²) in [7, 11) is 0. The predicted octanol–water partition coefficient (Wildman–Crippen LogP) is 2.70. The van der Waals surface area contributed by atoms with Gasteiger partial charge in [-0.25, -0.2) is 0 Å². The highest BCUT2D eigenvalue weighted by Crippen LogP contribution is 2.53. The van der Waals surface area contributed by atoms with Crippen molar-refractivity contribution < 1.29 is 0 Å². The van der Waals surface area contributed by atoms with Gasteiger partial charge in [-0.1, -0.05) is 18.2 Å². The maximum atomic E-state index is 4.16. The van der Waals surface area contributed by atoms with Crippen molar-refractivity contribution >= 4 is 10.8 Å². The number of benzene rings is 1. The summed E-state index contributed by atoms with van der Waals surface area (Å²) >= 11 is 0. The van der Waals surface area contributed by atoms with E-state index in [0.717, 1.165) is 5.92 Å². The Hall–Kier alpha value is -1.41. The van der Waals surface area contributed by atoms with E-state index in [1.165, 1.54) is 42.3 Å². The maximum Gasteiger partial charge on any atom is 0.0346 e. The number of fused-ring (bicyclic) bond motifs is 1. The largest absolute Gasteiger partial charge is 0.316 e. The Kier molecular flexibility index (Phi) is 1.86. The van der Waals surface area contributed by atoms with Gasteiger partial charge in [0.1, 0.15) is 0 Å². The molecule has 0 radical (unpaired) electrons. The summed E-state index contributed by atoms with van der Waals surface area (Å²) in [6.45, 7) is 2.47. The zero-order valence-electron chi connectivity index (χ0n) is 9.82. The standard InChI is InChI=1S/C15H16N2/c1-2-13-8-16-4-3-12(13)5-11(1)14-6-15(7-14)9-17-10-15/h1-5,8,14,17H,6-7,9-10H2. The molecule has 1 aromatic heterocycles. The van der Waals surface area contributed by atoms with Crippen molar-refractivity contribution in [2.24, 2.45) is 5.41 Å². The number of rotatable bonds is 1. The van der Waals surface area contributed by atoms with Gasteiger partial charge in [-0.15, -0.1) is 0 Å². The second-order valence-electron chi connectivity index (χ2n) is 5.69. The first-order valence-electron chi connectivity index (χ1n) is 6.39. The van der Waals surface area contributed by atoms with Crippen LogP contribution in [-0.4, -0.2) is 18.1 Å². The molecule has 1 aromatic carbocycles. The molecule has 1 spiro atoms. The predicted molar refractivity (Wildman–Crippen MR) is 69.0 cm³/mol. The van der Waals surface area contributed by atoms with E-state index in [2.05, 4.69) is 34.6 Å². The van der Waals surface area contributed by atoms with Gasteiger partial charge >= 0.3 is 0 Å². The lowest BCUT2D eigenvalue weighted by Crippen LogP contribution is -2.59. The molecule has 4 rings (SSSR count). The number of hydrogen-bond acceptors (Lipinski definition) is 2. The highest BCUT2D eigenvalue weighted by Gasteiger charge is 2.48. The Labute approximate surface area is 101 Å². The van der Waals surface area contributed by atoms with Crippen LogP contribution in [0.3, 0.4) is 0 Å². The average Bonchev–Trinajstić information content (AvgIpc) is 2.25. The van der Waals surface area contributed by atoms with Crippen LogP contribution in [0.4, 0.5) is 0 Å². The van der Waals surface area contributed by atoms with Gasteiger partial charge in [-0.2, -0.15) is 0 Å². The molecule has 0 unspecified atom stereocenters. The van der Waals surface area contributed by atoms with Gasteiger partial charge < -0.3 is 5.32 Å². The molecule has 0 bridgehead atoms. The summed E-state index contributed by atoms with van der Waals surface area (Å²) in [4.78, 5) is 4.16. The Morgan fingerprint density at radius 1 is 1.12 bits per heavy atom. The molecule has 1 N–H and O–H groups in total. The number of nitrogens with zero attached hydrogens (tertiary/aromatic N) is 1. The van der Waals surface area contributed by atoms with Crippen LogP contribution >= 0.6 is 0 Å². The molecule has 2 fully saturated rings. The lowest BCUT2D eigenvalue weighted by molar-refractivity contribution is 0.0363. The fraction of sp³-hybridized carbons (Fsp3) is 0.400. The maximum absolute atomic E-state index is 4.16. The van der Waals surface area contributed by atoms with Crippen LogP contribution in [-0.2, 0) is 0 Å². The minimum absolute atomic E-state index is 0.665. The first kappa shape index (κ1) is 9.60. The molecule has 2 heteroatoms. The van der Waals surface area contributed by atoms with Crippen molar-refractivity contribution in [3.05, 3.63) is 42.2 Å². The van der Waals surface area contributed by atoms with Gasteiger partial charge in [0, 0.05) is 30.9 Å². The zero-order chi connectivity index (χ0) is 11.3.